The summed E-state index contributed by atoms with van der Waals surface area (Å²) in [4.78, 5) is 4.28. The average molecular weight is 280 g/mol. The number of rotatable bonds is 4. The van der Waals surface area contributed by atoms with Gasteiger partial charge in [0, 0.05) is 11.6 Å². The molecule has 0 saturated heterocycles. The van der Waals surface area contributed by atoms with Crippen LogP contribution < -0.4 is 15.2 Å². The third-order valence-corrected chi connectivity index (χ3v) is 3.16. The summed E-state index contributed by atoms with van der Waals surface area (Å²) >= 11 is 0. The standard InChI is InChI=1S/C17H16N2O2/c1-2-20-14-7-3-4-8-15(14)21-16-10-9-13-12(17(16)18)6-5-11-19-13/h3-11H,2,18H2,1H3. The minimum atomic E-state index is 0.576. The summed E-state index contributed by atoms with van der Waals surface area (Å²) in [6, 6.07) is 15.0. The zero-order valence-corrected chi connectivity index (χ0v) is 11.7. The van der Waals surface area contributed by atoms with Gasteiger partial charge in [0.25, 0.3) is 0 Å². The quantitative estimate of drug-likeness (QED) is 0.734. The molecule has 0 radical (unpaired) electrons. The van der Waals surface area contributed by atoms with Gasteiger partial charge >= 0.3 is 0 Å². The predicted molar refractivity (Wildman–Crippen MR) is 83.8 cm³/mol. The first-order valence-electron chi connectivity index (χ1n) is 6.82. The maximum Gasteiger partial charge on any atom is 0.169 e. The van der Waals surface area contributed by atoms with Gasteiger partial charge in [-0.15, -0.1) is 0 Å². The normalized spacial score (nSPS) is 10.5. The van der Waals surface area contributed by atoms with Crippen molar-refractivity contribution in [1.29, 1.82) is 0 Å². The molecule has 4 nitrogen and oxygen atoms in total. The van der Waals surface area contributed by atoms with Crippen molar-refractivity contribution in [1.82, 2.24) is 4.98 Å². The molecule has 1 aromatic heterocycles. The Hall–Kier alpha value is -2.75. The van der Waals surface area contributed by atoms with Gasteiger partial charge in [0.15, 0.2) is 17.2 Å². The minimum Gasteiger partial charge on any atom is -0.490 e. The van der Waals surface area contributed by atoms with Crippen LogP contribution in [0.3, 0.4) is 0 Å². The van der Waals surface area contributed by atoms with Crippen molar-refractivity contribution in [2.45, 2.75) is 6.92 Å². The summed E-state index contributed by atoms with van der Waals surface area (Å²) in [6.45, 7) is 2.52. The highest BCUT2D eigenvalue weighted by atomic mass is 16.5. The molecule has 0 spiro atoms. The van der Waals surface area contributed by atoms with Crippen molar-refractivity contribution >= 4 is 16.6 Å². The third-order valence-electron chi connectivity index (χ3n) is 3.16. The Bertz CT molecular complexity index is 772. The molecule has 21 heavy (non-hydrogen) atoms. The van der Waals surface area contributed by atoms with Crippen LogP contribution in [0.2, 0.25) is 0 Å². The molecule has 0 atom stereocenters. The summed E-state index contributed by atoms with van der Waals surface area (Å²) in [6.07, 6.45) is 1.74. The molecule has 3 rings (SSSR count). The molecule has 0 fully saturated rings. The number of fused-ring (bicyclic) bond motifs is 1. The molecule has 0 aliphatic rings. The van der Waals surface area contributed by atoms with Crippen LogP contribution in [0.5, 0.6) is 17.2 Å². The van der Waals surface area contributed by atoms with E-state index in [9.17, 15) is 0 Å². The number of pyridine rings is 1. The zero-order chi connectivity index (χ0) is 14.7. The highest BCUT2D eigenvalue weighted by Gasteiger charge is 2.10. The van der Waals surface area contributed by atoms with E-state index in [0.29, 0.717) is 29.5 Å². The zero-order valence-electron chi connectivity index (χ0n) is 11.7. The number of aromatic nitrogens is 1. The van der Waals surface area contributed by atoms with Gasteiger partial charge in [-0.2, -0.15) is 0 Å². The van der Waals surface area contributed by atoms with Crippen LogP contribution in [0.4, 0.5) is 5.69 Å². The van der Waals surface area contributed by atoms with E-state index in [-0.39, 0.29) is 0 Å². The second-order valence-corrected chi connectivity index (χ2v) is 4.53. The van der Waals surface area contributed by atoms with E-state index in [4.69, 9.17) is 15.2 Å². The minimum absolute atomic E-state index is 0.576. The number of hydrogen-bond donors (Lipinski definition) is 1. The maximum absolute atomic E-state index is 6.19. The molecular formula is C17H16N2O2. The van der Waals surface area contributed by atoms with Crippen LogP contribution >= 0.6 is 0 Å². The first kappa shape index (κ1) is 13.2. The summed E-state index contributed by atoms with van der Waals surface area (Å²) in [5.41, 5.74) is 7.61. The number of nitrogen functional groups attached to an aromatic ring is 1. The number of nitrogens with two attached hydrogens (primary N) is 1. The van der Waals surface area contributed by atoms with Gasteiger partial charge < -0.3 is 15.2 Å². The average Bonchev–Trinajstić information content (AvgIpc) is 2.52. The van der Waals surface area contributed by atoms with Crippen LogP contribution in [0.25, 0.3) is 10.9 Å². The fraction of sp³-hybridized carbons (Fsp3) is 0.118. The number of para-hydroxylation sites is 2. The van der Waals surface area contributed by atoms with Crippen molar-refractivity contribution in [3.8, 4) is 17.2 Å². The van der Waals surface area contributed by atoms with Crippen molar-refractivity contribution in [3.05, 3.63) is 54.7 Å². The molecule has 0 aliphatic heterocycles. The Morgan fingerprint density at radius 3 is 2.57 bits per heavy atom. The van der Waals surface area contributed by atoms with Gasteiger partial charge in [0.2, 0.25) is 0 Å². The van der Waals surface area contributed by atoms with E-state index >= 15 is 0 Å². The third kappa shape index (κ3) is 2.60. The highest BCUT2D eigenvalue weighted by Crippen LogP contribution is 2.36. The molecule has 0 bridgehead atoms. The molecule has 4 heteroatoms. The second kappa shape index (κ2) is 5.71. The van der Waals surface area contributed by atoms with Crippen LogP contribution in [-0.4, -0.2) is 11.6 Å². The summed E-state index contributed by atoms with van der Waals surface area (Å²) in [5.74, 6) is 1.95. The monoisotopic (exact) mass is 280 g/mol. The maximum atomic E-state index is 6.19. The predicted octanol–water partition coefficient (Wildman–Crippen LogP) is 4.01. The summed E-state index contributed by atoms with van der Waals surface area (Å²) in [5, 5.41) is 0.879. The molecule has 0 saturated carbocycles. The van der Waals surface area contributed by atoms with Gasteiger partial charge in [-0.25, -0.2) is 0 Å². The first-order chi connectivity index (χ1) is 10.3. The van der Waals surface area contributed by atoms with Crippen molar-refractivity contribution in [2.75, 3.05) is 12.3 Å². The van der Waals surface area contributed by atoms with Crippen LogP contribution in [0.1, 0.15) is 6.92 Å². The number of hydrogen-bond acceptors (Lipinski definition) is 4. The number of anilines is 1. The van der Waals surface area contributed by atoms with Crippen LogP contribution in [-0.2, 0) is 0 Å². The van der Waals surface area contributed by atoms with Crippen LogP contribution in [0, 0.1) is 0 Å². The Morgan fingerprint density at radius 2 is 1.76 bits per heavy atom. The fourth-order valence-electron chi connectivity index (χ4n) is 2.17. The van der Waals surface area contributed by atoms with E-state index in [1.807, 2.05) is 55.5 Å². The second-order valence-electron chi connectivity index (χ2n) is 4.53. The SMILES string of the molecule is CCOc1ccccc1Oc1ccc2ncccc2c1N. The lowest BCUT2D eigenvalue weighted by atomic mass is 10.1. The Labute approximate surface area is 123 Å². The lowest BCUT2D eigenvalue weighted by molar-refractivity contribution is 0.321. The first-order valence-corrected chi connectivity index (χ1v) is 6.82. The Kier molecular flexibility index (Phi) is 3.60. The van der Waals surface area contributed by atoms with E-state index < -0.39 is 0 Å². The lowest BCUT2D eigenvalue weighted by Gasteiger charge is -2.13. The van der Waals surface area contributed by atoms with Gasteiger partial charge in [0.1, 0.15) is 0 Å². The lowest BCUT2D eigenvalue weighted by Crippen LogP contribution is -1.97. The molecule has 0 amide bonds. The number of nitrogens with zero attached hydrogens (tertiary/aromatic N) is 1. The van der Waals surface area contributed by atoms with E-state index in [0.717, 1.165) is 10.9 Å². The van der Waals surface area contributed by atoms with Crippen molar-refractivity contribution < 1.29 is 9.47 Å². The highest BCUT2D eigenvalue weighted by molar-refractivity contribution is 5.93. The molecule has 2 aromatic carbocycles. The van der Waals surface area contributed by atoms with Crippen LogP contribution in [0.15, 0.2) is 54.7 Å². The van der Waals surface area contributed by atoms with Crippen molar-refractivity contribution in [3.63, 3.8) is 0 Å². The number of ether oxygens (including phenoxy) is 2. The Balaban J connectivity index is 2.00. The smallest absolute Gasteiger partial charge is 0.169 e. The molecule has 2 N–H and O–H groups in total. The Morgan fingerprint density at radius 1 is 0.952 bits per heavy atom. The molecule has 1 heterocycles. The van der Waals surface area contributed by atoms with E-state index in [1.165, 1.54) is 0 Å². The number of benzene rings is 2. The topological polar surface area (TPSA) is 57.4 Å². The van der Waals surface area contributed by atoms with E-state index in [1.54, 1.807) is 6.20 Å². The van der Waals surface area contributed by atoms with E-state index in [2.05, 4.69) is 4.98 Å². The largest absolute Gasteiger partial charge is 0.490 e. The van der Waals surface area contributed by atoms with Gasteiger partial charge in [0.05, 0.1) is 17.8 Å². The molecule has 0 unspecified atom stereocenters. The molecule has 106 valence electrons. The molecular weight excluding hydrogens is 264 g/mol. The molecule has 3 aromatic rings. The van der Waals surface area contributed by atoms with Crippen molar-refractivity contribution in [2.24, 2.45) is 0 Å². The summed E-state index contributed by atoms with van der Waals surface area (Å²) in [7, 11) is 0. The van der Waals surface area contributed by atoms with Gasteiger partial charge in [-0.05, 0) is 43.3 Å². The molecule has 0 aliphatic carbocycles. The summed E-state index contributed by atoms with van der Waals surface area (Å²) < 4.78 is 11.5. The van der Waals surface area contributed by atoms with Gasteiger partial charge in [-0.3, -0.25) is 4.98 Å². The fourth-order valence-corrected chi connectivity index (χ4v) is 2.17. The van der Waals surface area contributed by atoms with Gasteiger partial charge in [-0.1, -0.05) is 12.1 Å².